The van der Waals surface area contributed by atoms with Crippen LogP contribution in [0.4, 0.5) is 0 Å². The zero-order valence-corrected chi connectivity index (χ0v) is 8.69. The van der Waals surface area contributed by atoms with Crippen LogP contribution in [-0.2, 0) is 0 Å². The summed E-state index contributed by atoms with van der Waals surface area (Å²) >= 11 is 1.85. The monoisotopic (exact) mass is 188 g/mol. The Kier molecular flexibility index (Phi) is 2.19. The summed E-state index contributed by atoms with van der Waals surface area (Å²) in [7, 11) is 0. The van der Waals surface area contributed by atoms with Gasteiger partial charge in [-0.15, -0.1) is 11.3 Å². The first-order chi connectivity index (χ1) is 6.27. The Morgan fingerprint density at radius 1 is 0.923 bits per heavy atom. The third-order valence-electron chi connectivity index (χ3n) is 2.15. The fourth-order valence-corrected chi connectivity index (χ4v) is 2.39. The number of benzene rings is 1. The number of hydrogen-bond acceptors (Lipinski definition) is 1. The molecule has 0 radical (unpaired) electrons. The van der Waals surface area contributed by atoms with Crippen LogP contribution in [0.25, 0.3) is 10.4 Å². The minimum Gasteiger partial charge on any atom is -0.141 e. The van der Waals surface area contributed by atoms with E-state index in [0.29, 0.717) is 0 Å². The maximum Gasteiger partial charge on any atom is 0.0348 e. The molecule has 1 aromatic heterocycles. The van der Waals surface area contributed by atoms with Crippen molar-refractivity contribution in [1.29, 1.82) is 0 Å². The largest absolute Gasteiger partial charge is 0.141 e. The molecule has 0 saturated heterocycles. The molecule has 1 heteroatoms. The molecule has 0 fully saturated rings. The Bertz CT molecular complexity index is 413. The van der Waals surface area contributed by atoms with Gasteiger partial charge in [-0.1, -0.05) is 24.3 Å². The molecule has 0 spiro atoms. The Morgan fingerprint density at radius 2 is 1.69 bits per heavy atom. The standard InChI is InChI=1S/C12H12S/c1-9-5-3-4-6-11(9)12-8-7-10(2)13-12/h3-8H,1-2H3. The highest BCUT2D eigenvalue weighted by Crippen LogP contribution is 2.29. The zero-order valence-electron chi connectivity index (χ0n) is 7.87. The van der Waals surface area contributed by atoms with Crippen LogP contribution in [0.2, 0.25) is 0 Å². The summed E-state index contributed by atoms with van der Waals surface area (Å²) in [4.78, 5) is 2.74. The predicted molar refractivity (Wildman–Crippen MR) is 59.2 cm³/mol. The second kappa shape index (κ2) is 3.35. The molecule has 2 rings (SSSR count). The first-order valence-corrected chi connectivity index (χ1v) is 5.21. The van der Waals surface area contributed by atoms with E-state index in [4.69, 9.17) is 0 Å². The van der Waals surface area contributed by atoms with E-state index in [1.165, 1.54) is 20.9 Å². The summed E-state index contributed by atoms with van der Waals surface area (Å²) in [6, 6.07) is 12.9. The van der Waals surface area contributed by atoms with Crippen molar-refractivity contribution in [2.24, 2.45) is 0 Å². The molecule has 1 aromatic carbocycles. The van der Waals surface area contributed by atoms with E-state index in [9.17, 15) is 0 Å². The lowest BCUT2D eigenvalue weighted by molar-refractivity contribution is 1.48. The highest BCUT2D eigenvalue weighted by Gasteiger charge is 2.01. The summed E-state index contributed by atoms with van der Waals surface area (Å²) in [6.07, 6.45) is 0. The lowest BCUT2D eigenvalue weighted by Crippen LogP contribution is -1.77. The van der Waals surface area contributed by atoms with Crippen LogP contribution in [-0.4, -0.2) is 0 Å². The minimum atomic E-state index is 1.35. The van der Waals surface area contributed by atoms with Crippen molar-refractivity contribution in [2.45, 2.75) is 13.8 Å². The van der Waals surface area contributed by atoms with Crippen molar-refractivity contribution in [3.8, 4) is 10.4 Å². The summed E-state index contributed by atoms with van der Waals surface area (Å²) in [5.41, 5.74) is 2.71. The van der Waals surface area contributed by atoms with E-state index < -0.39 is 0 Å². The van der Waals surface area contributed by atoms with Gasteiger partial charge in [-0.25, -0.2) is 0 Å². The number of rotatable bonds is 1. The van der Waals surface area contributed by atoms with Crippen molar-refractivity contribution in [1.82, 2.24) is 0 Å². The SMILES string of the molecule is Cc1ccc(-c2ccccc2C)s1. The molecule has 0 aliphatic heterocycles. The Balaban J connectivity index is 2.52. The third kappa shape index (κ3) is 1.65. The van der Waals surface area contributed by atoms with E-state index >= 15 is 0 Å². The molecule has 0 unspecified atom stereocenters. The van der Waals surface area contributed by atoms with Crippen LogP contribution in [0.1, 0.15) is 10.4 Å². The van der Waals surface area contributed by atoms with Crippen LogP contribution in [0.3, 0.4) is 0 Å². The Labute approximate surface area is 82.9 Å². The average Bonchev–Trinajstić information content (AvgIpc) is 2.53. The molecule has 0 aliphatic carbocycles. The number of aryl methyl sites for hydroxylation is 2. The molecule has 0 amide bonds. The van der Waals surface area contributed by atoms with E-state index in [2.05, 4.69) is 50.2 Å². The molecule has 0 aliphatic rings. The van der Waals surface area contributed by atoms with Crippen molar-refractivity contribution in [3.05, 3.63) is 46.8 Å². The first-order valence-electron chi connectivity index (χ1n) is 4.40. The average molecular weight is 188 g/mol. The number of thiophene rings is 1. The molecule has 0 atom stereocenters. The van der Waals surface area contributed by atoms with Gasteiger partial charge >= 0.3 is 0 Å². The van der Waals surface area contributed by atoms with Crippen LogP contribution < -0.4 is 0 Å². The van der Waals surface area contributed by atoms with Gasteiger partial charge in [0.15, 0.2) is 0 Å². The molecule has 0 nitrogen and oxygen atoms in total. The van der Waals surface area contributed by atoms with Gasteiger partial charge in [0.1, 0.15) is 0 Å². The molecule has 66 valence electrons. The van der Waals surface area contributed by atoms with Crippen LogP contribution >= 0.6 is 11.3 Å². The van der Waals surface area contributed by atoms with Crippen molar-refractivity contribution < 1.29 is 0 Å². The molecule has 1 heterocycles. The van der Waals surface area contributed by atoms with E-state index in [1.54, 1.807) is 0 Å². The van der Waals surface area contributed by atoms with Gasteiger partial charge in [-0.3, -0.25) is 0 Å². The fourth-order valence-electron chi connectivity index (χ4n) is 1.43. The number of hydrogen-bond donors (Lipinski definition) is 0. The van der Waals surface area contributed by atoms with Gasteiger partial charge in [0, 0.05) is 9.75 Å². The lowest BCUT2D eigenvalue weighted by atomic mass is 10.1. The lowest BCUT2D eigenvalue weighted by Gasteiger charge is -2.00. The highest BCUT2D eigenvalue weighted by atomic mass is 32.1. The molecular formula is C12H12S. The van der Waals surface area contributed by atoms with Crippen molar-refractivity contribution in [3.63, 3.8) is 0 Å². The molecule has 0 bridgehead atoms. The van der Waals surface area contributed by atoms with E-state index in [1.807, 2.05) is 11.3 Å². The van der Waals surface area contributed by atoms with Gasteiger partial charge in [0.05, 0.1) is 0 Å². The molecule has 0 N–H and O–H groups in total. The highest BCUT2D eigenvalue weighted by molar-refractivity contribution is 7.15. The molecular weight excluding hydrogens is 176 g/mol. The van der Waals surface area contributed by atoms with Crippen LogP contribution in [0.15, 0.2) is 36.4 Å². The van der Waals surface area contributed by atoms with E-state index in [-0.39, 0.29) is 0 Å². The topological polar surface area (TPSA) is 0 Å². The molecule has 2 aromatic rings. The summed E-state index contributed by atoms with van der Waals surface area (Å²) in [6.45, 7) is 4.30. The fraction of sp³-hybridized carbons (Fsp3) is 0.167. The third-order valence-corrected chi connectivity index (χ3v) is 3.18. The van der Waals surface area contributed by atoms with Gasteiger partial charge in [0.25, 0.3) is 0 Å². The van der Waals surface area contributed by atoms with Gasteiger partial charge in [-0.05, 0) is 37.1 Å². The Hall–Kier alpha value is -1.08. The first kappa shape index (κ1) is 8.52. The summed E-state index contributed by atoms with van der Waals surface area (Å²) < 4.78 is 0. The van der Waals surface area contributed by atoms with Gasteiger partial charge in [0.2, 0.25) is 0 Å². The van der Waals surface area contributed by atoms with Crippen LogP contribution in [0.5, 0.6) is 0 Å². The Morgan fingerprint density at radius 3 is 2.31 bits per heavy atom. The predicted octanol–water partition coefficient (Wildman–Crippen LogP) is 4.03. The maximum absolute atomic E-state index is 2.20. The van der Waals surface area contributed by atoms with E-state index in [0.717, 1.165) is 0 Å². The smallest absolute Gasteiger partial charge is 0.0348 e. The maximum atomic E-state index is 2.20. The van der Waals surface area contributed by atoms with Gasteiger partial charge in [-0.2, -0.15) is 0 Å². The zero-order chi connectivity index (χ0) is 9.26. The second-order valence-electron chi connectivity index (χ2n) is 3.23. The normalized spacial score (nSPS) is 10.3. The van der Waals surface area contributed by atoms with Crippen molar-refractivity contribution >= 4 is 11.3 Å². The summed E-state index contributed by atoms with van der Waals surface area (Å²) in [5, 5.41) is 0. The minimum absolute atomic E-state index is 1.35. The summed E-state index contributed by atoms with van der Waals surface area (Å²) in [5.74, 6) is 0. The molecule has 13 heavy (non-hydrogen) atoms. The quantitative estimate of drug-likeness (QED) is 0.633. The molecule has 0 saturated carbocycles. The van der Waals surface area contributed by atoms with Gasteiger partial charge < -0.3 is 0 Å². The van der Waals surface area contributed by atoms with Crippen molar-refractivity contribution in [2.75, 3.05) is 0 Å². The van der Waals surface area contributed by atoms with Crippen LogP contribution in [0, 0.1) is 13.8 Å². The second-order valence-corrected chi connectivity index (χ2v) is 4.51.